The van der Waals surface area contributed by atoms with Crippen LogP contribution in [0.5, 0.6) is 5.75 Å². The van der Waals surface area contributed by atoms with Gasteiger partial charge in [0.15, 0.2) is 5.11 Å². The van der Waals surface area contributed by atoms with E-state index in [1.54, 1.807) is 7.11 Å². The van der Waals surface area contributed by atoms with Crippen molar-refractivity contribution in [3.63, 3.8) is 0 Å². The largest absolute Gasteiger partial charge is 0.497 e. The fourth-order valence-corrected chi connectivity index (χ4v) is 2.63. The van der Waals surface area contributed by atoms with Crippen molar-refractivity contribution in [3.05, 3.63) is 24.3 Å². The average Bonchev–Trinajstić information content (AvgIpc) is 2.36. The molecular weight excluding hydrogens is 296 g/mol. The van der Waals surface area contributed by atoms with E-state index in [9.17, 15) is 8.42 Å². The Morgan fingerprint density at radius 1 is 1.35 bits per heavy atom. The second kappa shape index (κ2) is 7.44. The lowest BCUT2D eigenvalue weighted by molar-refractivity contribution is 0.415. The molecule has 0 saturated heterocycles. The molecule has 2 N–H and O–H groups in total. The predicted molar refractivity (Wildman–Crippen MR) is 86.1 cm³/mol. The Labute approximate surface area is 125 Å². The van der Waals surface area contributed by atoms with Crippen LogP contribution in [0.2, 0.25) is 0 Å². The lowest BCUT2D eigenvalue weighted by Crippen LogP contribution is -2.36. The van der Waals surface area contributed by atoms with Gasteiger partial charge in [0.25, 0.3) is 0 Å². The van der Waals surface area contributed by atoms with Gasteiger partial charge in [0, 0.05) is 18.0 Å². The molecule has 0 radical (unpaired) electrons. The van der Waals surface area contributed by atoms with Gasteiger partial charge >= 0.3 is 0 Å². The van der Waals surface area contributed by atoms with Crippen LogP contribution in [0.25, 0.3) is 0 Å². The molecule has 0 aromatic heterocycles. The topological polar surface area (TPSA) is 67.4 Å². The van der Waals surface area contributed by atoms with Crippen molar-refractivity contribution in [1.82, 2.24) is 5.32 Å². The molecule has 0 bridgehead atoms. The lowest BCUT2D eigenvalue weighted by Gasteiger charge is -2.16. The fraction of sp³-hybridized carbons (Fsp3) is 0.462. The van der Waals surface area contributed by atoms with Crippen molar-refractivity contribution in [2.24, 2.45) is 0 Å². The Kier molecular flexibility index (Phi) is 6.22. The second-order valence-corrected chi connectivity index (χ2v) is 7.31. The predicted octanol–water partition coefficient (Wildman–Crippen LogP) is 1.80. The molecule has 0 unspecified atom stereocenters. The highest BCUT2D eigenvalue weighted by molar-refractivity contribution is 7.90. The molecule has 0 fully saturated rings. The minimum atomic E-state index is -2.94. The molecule has 0 aliphatic rings. The minimum absolute atomic E-state index is 0.0111. The average molecular weight is 316 g/mol. The highest BCUT2D eigenvalue weighted by Crippen LogP contribution is 2.14. The number of sulfone groups is 1. The van der Waals surface area contributed by atoms with Crippen molar-refractivity contribution in [1.29, 1.82) is 0 Å². The summed E-state index contributed by atoms with van der Waals surface area (Å²) in [6.07, 6.45) is 1.75. The zero-order chi connectivity index (χ0) is 15.2. The van der Waals surface area contributed by atoms with Gasteiger partial charge in [-0.25, -0.2) is 8.42 Å². The molecule has 0 saturated carbocycles. The smallest absolute Gasteiger partial charge is 0.170 e. The summed E-state index contributed by atoms with van der Waals surface area (Å²) in [6, 6.07) is 7.36. The molecule has 0 heterocycles. The molecule has 7 heteroatoms. The summed E-state index contributed by atoms with van der Waals surface area (Å²) in [7, 11) is -1.33. The SMILES string of the molecule is COc1ccc(NC(=S)N[C@H](C)CCS(C)(=O)=O)cc1. The summed E-state index contributed by atoms with van der Waals surface area (Å²) in [5.74, 6) is 0.919. The van der Waals surface area contributed by atoms with Gasteiger partial charge in [-0.15, -0.1) is 0 Å². The van der Waals surface area contributed by atoms with Crippen LogP contribution in [0.15, 0.2) is 24.3 Å². The van der Waals surface area contributed by atoms with E-state index in [2.05, 4.69) is 10.6 Å². The Balaban J connectivity index is 2.42. The van der Waals surface area contributed by atoms with Gasteiger partial charge in [0.1, 0.15) is 15.6 Å². The summed E-state index contributed by atoms with van der Waals surface area (Å²) in [5.41, 5.74) is 0.846. The third kappa shape index (κ3) is 6.72. The van der Waals surface area contributed by atoms with Crippen molar-refractivity contribution in [3.8, 4) is 5.75 Å². The highest BCUT2D eigenvalue weighted by Gasteiger charge is 2.09. The van der Waals surface area contributed by atoms with Crippen LogP contribution in [0.1, 0.15) is 13.3 Å². The molecule has 0 amide bonds. The summed E-state index contributed by atoms with van der Waals surface area (Å²) in [4.78, 5) is 0. The van der Waals surface area contributed by atoms with Crippen LogP contribution in [0.3, 0.4) is 0 Å². The number of anilines is 1. The van der Waals surface area contributed by atoms with Gasteiger partial charge in [-0.2, -0.15) is 0 Å². The van der Waals surface area contributed by atoms with Crippen LogP contribution in [0.4, 0.5) is 5.69 Å². The summed E-state index contributed by atoms with van der Waals surface area (Å²) >= 11 is 5.18. The van der Waals surface area contributed by atoms with Crippen LogP contribution < -0.4 is 15.4 Å². The van der Waals surface area contributed by atoms with Crippen LogP contribution >= 0.6 is 12.2 Å². The maximum atomic E-state index is 11.1. The number of benzene rings is 1. The van der Waals surface area contributed by atoms with Gasteiger partial charge in [-0.3, -0.25) is 0 Å². The zero-order valence-electron chi connectivity index (χ0n) is 11.8. The normalized spacial score (nSPS) is 12.6. The lowest BCUT2D eigenvalue weighted by atomic mass is 10.2. The molecule has 1 aromatic carbocycles. The Morgan fingerprint density at radius 2 is 1.95 bits per heavy atom. The maximum Gasteiger partial charge on any atom is 0.170 e. The Hall–Kier alpha value is -1.34. The van der Waals surface area contributed by atoms with Gasteiger partial charge < -0.3 is 15.4 Å². The Bertz CT molecular complexity index is 541. The van der Waals surface area contributed by atoms with E-state index in [0.717, 1.165) is 11.4 Å². The van der Waals surface area contributed by atoms with E-state index in [4.69, 9.17) is 17.0 Å². The van der Waals surface area contributed by atoms with Gasteiger partial charge in [0.05, 0.1) is 12.9 Å². The summed E-state index contributed by atoms with van der Waals surface area (Å²) < 4.78 is 27.2. The first kappa shape index (κ1) is 16.7. The van der Waals surface area contributed by atoms with Gasteiger partial charge in [-0.1, -0.05) is 0 Å². The molecule has 0 aliphatic carbocycles. The van der Waals surface area contributed by atoms with E-state index in [-0.39, 0.29) is 11.8 Å². The maximum absolute atomic E-state index is 11.1. The van der Waals surface area contributed by atoms with Crippen LogP contribution in [0, 0.1) is 0 Å². The van der Waals surface area contributed by atoms with E-state index in [1.165, 1.54) is 6.26 Å². The molecule has 20 heavy (non-hydrogen) atoms. The third-order valence-corrected chi connectivity index (χ3v) is 3.84. The van der Waals surface area contributed by atoms with Crippen molar-refractivity contribution >= 4 is 32.9 Å². The van der Waals surface area contributed by atoms with Crippen LogP contribution in [-0.2, 0) is 9.84 Å². The van der Waals surface area contributed by atoms with E-state index < -0.39 is 9.84 Å². The number of hydrogen-bond donors (Lipinski definition) is 2. The number of thiocarbonyl (C=S) groups is 1. The van der Waals surface area contributed by atoms with Crippen LogP contribution in [-0.4, -0.2) is 38.7 Å². The second-order valence-electron chi connectivity index (χ2n) is 4.65. The van der Waals surface area contributed by atoms with Crippen molar-refractivity contribution in [2.45, 2.75) is 19.4 Å². The fourth-order valence-electron chi connectivity index (χ4n) is 1.53. The van der Waals surface area contributed by atoms with E-state index in [1.807, 2.05) is 31.2 Å². The first-order valence-corrected chi connectivity index (χ1v) is 8.66. The monoisotopic (exact) mass is 316 g/mol. The third-order valence-electron chi connectivity index (χ3n) is 2.65. The molecule has 1 aromatic rings. The molecule has 0 spiro atoms. The minimum Gasteiger partial charge on any atom is -0.497 e. The number of ether oxygens (including phenoxy) is 1. The molecule has 112 valence electrons. The molecule has 1 atom stereocenters. The van der Waals surface area contributed by atoms with Crippen molar-refractivity contribution < 1.29 is 13.2 Å². The molecule has 1 rings (SSSR count). The first-order chi connectivity index (χ1) is 9.30. The standard InChI is InChI=1S/C13H20N2O3S2/c1-10(8-9-20(3,16)17)14-13(19)15-11-4-6-12(18-2)7-5-11/h4-7,10H,8-9H2,1-3H3,(H2,14,15,19)/t10-/m1/s1. The van der Waals surface area contributed by atoms with E-state index >= 15 is 0 Å². The number of rotatable bonds is 6. The molecule has 0 aliphatic heterocycles. The quantitative estimate of drug-likeness (QED) is 0.780. The number of hydrogen-bond acceptors (Lipinski definition) is 4. The summed E-state index contributed by atoms with van der Waals surface area (Å²) in [6.45, 7) is 1.90. The van der Waals surface area contributed by atoms with Crippen molar-refractivity contribution in [2.75, 3.05) is 24.4 Å². The van der Waals surface area contributed by atoms with E-state index in [0.29, 0.717) is 11.5 Å². The Morgan fingerprint density at radius 3 is 2.45 bits per heavy atom. The van der Waals surface area contributed by atoms with Gasteiger partial charge in [0.2, 0.25) is 0 Å². The number of methoxy groups -OCH3 is 1. The van der Waals surface area contributed by atoms with Gasteiger partial charge in [-0.05, 0) is 49.8 Å². The number of nitrogens with one attached hydrogen (secondary N) is 2. The molecular formula is C13H20N2O3S2. The molecule has 5 nitrogen and oxygen atoms in total. The zero-order valence-corrected chi connectivity index (χ0v) is 13.5. The summed E-state index contributed by atoms with van der Waals surface area (Å²) in [5, 5.41) is 6.56. The first-order valence-electron chi connectivity index (χ1n) is 6.19. The highest BCUT2D eigenvalue weighted by atomic mass is 32.2.